The van der Waals surface area contributed by atoms with E-state index < -0.39 is 5.97 Å². The van der Waals surface area contributed by atoms with E-state index in [0.717, 1.165) is 16.2 Å². The molecule has 1 amide bonds. The molecule has 0 fully saturated rings. The molecule has 0 aliphatic heterocycles. The molecule has 0 unspecified atom stereocenters. The molecular formula is C23H26N4O4S2. The lowest BCUT2D eigenvalue weighted by Crippen LogP contribution is -2.16. The van der Waals surface area contributed by atoms with Crippen LogP contribution in [-0.2, 0) is 22.7 Å². The molecule has 0 aliphatic rings. The van der Waals surface area contributed by atoms with Crippen molar-refractivity contribution in [3.8, 4) is 5.75 Å². The number of carbonyl (C=O) groups is 2. The van der Waals surface area contributed by atoms with Crippen molar-refractivity contribution in [1.29, 1.82) is 0 Å². The topological polar surface area (TPSA) is 95.3 Å². The summed E-state index contributed by atoms with van der Waals surface area (Å²) in [5.41, 5.74) is 1.47. The lowest BCUT2D eigenvalue weighted by Gasteiger charge is -2.10. The van der Waals surface area contributed by atoms with E-state index in [2.05, 4.69) is 22.1 Å². The molecule has 1 N–H and O–H groups in total. The SMILES string of the molecule is C=CCn1c(COc2cccc(C)c2)nnc1SCC(=O)Nc1sc(C)cc1C(=O)OCC. The molecule has 2 heterocycles. The summed E-state index contributed by atoms with van der Waals surface area (Å²) in [6.07, 6.45) is 1.74. The van der Waals surface area contributed by atoms with E-state index in [0.29, 0.717) is 28.1 Å². The number of hydrogen-bond acceptors (Lipinski definition) is 8. The second-order valence-corrected chi connectivity index (χ2v) is 9.26. The fourth-order valence-electron chi connectivity index (χ4n) is 2.96. The molecule has 0 bridgehead atoms. The van der Waals surface area contributed by atoms with E-state index in [1.54, 1.807) is 19.1 Å². The number of esters is 1. The maximum atomic E-state index is 12.6. The summed E-state index contributed by atoms with van der Waals surface area (Å²) < 4.78 is 12.8. The summed E-state index contributed by atoms with van der Waals surface area (Å²) >= 11 is 2.59. The summed E-state index contributed by atoms with van der Waals surface area (Å²) in [6, 6.07) is 9.48. The fourth-order valence-corrected chi connectivity index (χ4v) is 4.64. The lowest BCUT2D eigenvalue weighted by atomic mass is 10.2. The quantitative estimate of drug-likeness (QED) is 0.240. The smallest absolute Gasteiger partial charge is 0.341 e. The predicted octanol–water partition coefficient (Wildman–Crippen LogP) is 4.63. The number of hydrogen-bond donors (Lipinski definition) is 1. The monoisotopic (exact) mass is 486 g/mol. The standard InChI is InChI=1S/C23H26N4O4S2/c1-5-10-27-19(13-31-17-9-7-8-15(3)11-17)25-26-23(27)32-14-20(28)24-21-18(12-16(4)33-21)22(29)30-6-2/h5,7-9,11-12H,1,6,10,13-14H2,2-4H3,(H,24,28). The number of aryl methyl sites for hydroxylation is 2. The number of allylic oxidation sites excluding steroid dienone is 1. The van der Waals surface area contributed by atoms with Gasteiger partial charge in [0, 0.05) is 11.4 Å². The Balaban J connectivity index is 1.63. The van der Waals surface area contributed by atoms with Crippen molar-refractivity contribution in [2.45, 2.75) is 39.1 Å². The maximum absolute atomic E-state index is 12.6. The molecule has 10 heteroatoms. The minimum Gasteiger partial charge on any atom is -0.486 e. The Kier molecular flexibility index (Phi) is 8.67. The summed E-state index contributed by atoms with van der Waals surface area (Å²) in [7, 11) is 0. The molecule has 1 aromatic carbocycles. The Morgan fingerprint density at radius 2 is 2.09 bits per heavy atom. The average molecular weight is 487 g/mol. The number of carbonyl (C=O) groups excluding carboxylic acids is 2. The van der Waals surface area contributed by atoms with Crippen LogP contribution in [0, 0.1) is 13.8 Å². The van der Waals surface area contributed by atoms with Crippen molar-refractivity contribution in [2.24, 2.45) is 0 Å². The molecule has 174 valence electrons. The van der Waals surface area contributed by atoms with Gasteiger partial charge in [-0.15, -0.1) is 28.1 Å². The molecule has 0 spiro atoms. The summed E-state index contributed by atoms with van der Waals surface area (Å²) in [6.45, 7) is 10.4. The molecule has 0 radical (unpaired) electrons. The van der Waals surface area contributed by atoms with Gasteiger partial charge < -0.3 is 14.8 Å². The number of ether oxygens (including phenoxy) is 2. The van der Waals surface area contributed by atoms with Gasteiger partial charge in [0.1, 0.15) is 17.4 Å². The van der Waals surface area contributed by atoms with Crippen LogP contribution in [0.5, 0.6) is 5.75 Å². The van der Waals surface area contributed by atoms with Crippen molar-refractivity contribution in [2.75, 3.05) is 17.7 Å². The molecule has 3 aromatic rings. The first-order valence-corrected chi connectivity index (χ1v) is 12.1. The van der Waals surface area contributed by atoms with Gasteiger partial charge in [-0.1, -0.05) is 30.0 Å². The van der Waals surface area contributed by atoms with Crippen LogP contribution < -0.4 is 10.1 Å². The molecule has 0 atom stereocenters. The molecule has 33 heavy (non-hydrogen) atoms. The normalized spacial score (nSPS) is 10.6. The fraction of sp³-hybridized carbons (Fsp3) is 0.304. The highest BCUT2D eigenvalue weighted by molar-refractivity contribution is 7.99. The second-order valence-electron chi connectivity index (χ2n) is 7.06. The molecule has 0 saturated carbocycles. The van der Waals surface area contributed by atoms with E-state index in [1.165, 1.54) is 23.1 Å². The molecule has 2 aromatic heterocycles. The Hall–Kier alpha value is -3.11. The van der Waals surface area contributed by atoms with Crippen molar-refractivity contribution in [1.82, 2.24) is 14.8 Å². The van der Waals surface area contributed by atoms with Crippen LogP contribution in [0.2, 0.25) is 0 Å². The van der Waals surface area contributed by atoms with E-state index in [9.17, 15) is 9.59 Å². The van der Waals surface area contributed by atoms with Gasteiger partial charge in [-0.3, -0.25) is 9.36 Å². The number of rotatable bonds is 11. The third kappa shape index (κ3) is 6.69. The van der Waals surface area contributed by atoms with Gasteiger partial charge in [-0.2, -0.15) is 0 Å². The number of anilines is 1. The summed E-state index contributed by atoms with van der Waals surface area (Å²) in [4.78, 5) is 25.6. The predicted molar refractivity (Wildman–Crippen MR) is 130 cm³/mol. The van der Waals surface area contributed by atoms with Gasteiger partial charge >= 0.3 is 5.97 Å². The zero-order chi connectivity index (χ0) is 23.8. The number of amides is 1. The molecule has 0 saturated heterocycles. The van der Waals surface area contributed by atoms with Gasteiger partial charge in [0.2, 0.25) is 5.91 Å². The van der Waals surface area contributed by atoms with E-state index >= 15 is 0 Å². The number of thiophene rings is 1. The number of aromatic nitrogens is 3. The third-order valence-corrected chi connectivity index (χ3v) is 6.33. The van der Waals surface area contributed by atoms with Crippen molar-refractivity contribution in [3.05, 3.63) is 64.8 Å². The van der Waals surface area contributed by atoms with E-state index in [4.69, 9.17) is 9.47 Å². The Labute approximate surface area is 201 Å². The largest absolute Gasteiger partial charge is 0.486 e. The van der Waals surface area contributed by atoms with Crippen molar-refractivity contribution >= 4 is 40.0 Å². The second kappa shape index (κ2) is 11.7. The first-order valence-electron chi connectivity index (χ1n) is 10.3. The molecule has 0 aliphatic carbocycles. The molecular weight excluding hydrogens is 460 g/mol. The third-order valence-electron chi connectivity index (χ3n) is 4.40. The number of nitrogens with zero attached hydrogens (tertiary/aromatic N) is 3. The highest BCUT2D eigenvalue weighted by atomic mass is 32.2. The Bertz CT molecular complexity index is 1140. The van der Waals surface area contributed by atoms with Gasteiger partial charge in [0.15, 0.2) is 11.0 Å². The number of benzene rings is 1. The van der Waals surface area contributed by atoms with E-state index in [-0.39, 0.29) is 24.9 Å². The Morgan fingerprint density at radius 3 is 2.82 bits per heavy atom. The lowest BCUT2D eigenvalue weighted by molar-refractivity contribution is -0.113. The minimum absolute atomic E-state index is 0.104. The molecule has 3 rings (SSSR count). The average Bonchev–Trinajstić information content (AvgIpc) is 3.34. The summed E-state index contributed by atoms with van der Waals surface area (Å²) in [5.74, 6) is 0.790. The van der Waals surface area contributed by atoms with Gasteiger partial charge in [-0.05, 0) is 44.5 Å². The van der Waals surface area contributed by atoms with Crippen LogP contribution in [0.1, 0.15) is 33.5 Å². The van der Waals surface area contributed by atoms with Crippen molar-refractivity contribution in [3.63, 3.8) is 0 Å². The highest BCUT2D eigenvalue weighted by Gasteiger charge is 2.19. The van der Waals surface area contributed by atoms with Crippen LogP contribution in [0.4, 0.5) is 5.00 Å². The van der Waals surface area contributed by atoms with Crippen LogP contribution in [0.15, 0.2) is 48.1 Å². The van der Waals surface area contributed by atoms with Gasteiger partial charge in [0.25, 0.3) is 0 Å². The molecule has 8 nitrogen and oxygen atoms in total. The minimum atomic E-state index is -0.450. The van der Waals surface area contributed by atoms with Crippen LogP contribution >= 0.6 is 23.1 Å². The van der Waals surface area contributed by atoms with E-state index in [1.807, 2.05) is 42.7 Å². The maximum Gasteiger partial charge on any atom is 0.341 e. The number of thioether (sulfide) groups is 1. The first-order chi connectivity index (χ1) is 15.9. The van der Waals surface area contributed by atoms with Crippen LogP contribution in [-0.4, -0.2) is 39.0 Å². The van der Waals surface area contributed by atoms with Gasteiger partial charge in [-0.25, -0.2) is 4.79 Å². The van der Waals surface area contributed by atoms with Crippen molar-refractivity contribution < 1.29 is 19.1 Å². The van der Waals surface area contributed by atoms with Crippen LogP contribution in [0.3, 0.4) is 0 Å². The summed E-state index contributed by atoms with van der Waals surface area (Å²) in [5, 5.41) is 12.3. The Morgan fingerprint density at radius 1 is 1.27 bits per heavy atom. The number of nitrogens with one attached hydrogen (secondary N) is 1. The van der Waals surface area contributed by atoms with Crippen LogP contribution in [0.25, 0.3) is 0 Å². The zero-order valence-electron chi connectivity index (χ0n) is 18.8. The highest BCUT2D eigenvalue weighted by Crippen LogP contribution is 2.29. The first kappa shape index (κ1) is 24.5. The van der Waals surface area contributed by atoms with Gasteiger partial charge in [0.05, 0.1) is 17.9 Å². The zero-order valence-corrected chi connectivity index (χ0v) is 20.4.